The van der Waals surface area contributed by atoms with Crippen LogP contribution in [0.1, 0.15) is 24.0 Å². The molecule has 4 heteroatoms. The van der Waals surface area contributed by atoms with Crippen molar-refractivity contribution in [2.75, 3.05) is 37.6 Å². The molecule has 0 amide bonds. The lowest BCUT2D eigenvalue weighted by molar-refractivity contribution is 0.0935. The van der Waals surface area contributed by atoms with E-state index in [9.17, 15) is 0 Å². The number of methoxy groups -OCH3 is 1. The average Bonchev–Trinajstić information content (AvgIpc) is 2.48. The van der Waals surface area contributed by atoms with E-state index in [1.54, 1.807) is 7.11 Å². The van der Waals surface area contributed by atoms with E-state index in [1.165, 1.54) is 11.1 Å². The first-order valence-corrected chi connectivity index (χ1v) is 9.18. The van der Waals surface area contributed by atoms with Crippen molar-refractivity contribution in [3.05, 3.63) is 35.4 Å². The van der Waals surface area contributed by atoms with E-state index in [0.717, 1.165) is 43.3 Å². The fourth-order valence-corrected chi connectivity index (χ4v) is 4.19. The molecule has 114 valence electrons. The van der Waals surface area contributed by atoms with Crippen LogP contribution in [0.15, 0.2) is 24.3 Å². The monoisotopic (exact) mass is 406 g/mol. The van der Waals surface area contributed by atoms with E-state index < -0.39 is 0 Å². The molecule has 0 aliphatic heterocycles. The van der Waals surface area contributed by atoms with Crippen molar-refractivity contribution in [1.82, 2.24) is 0 Å². The van der Waals surface area contributed by atoms with Crippen LogP contribution < -0.4 is 0 Å². The highest BCUT2D eigenvalue weighted by molar-refractivity contribution is 9.09. The quantitative estimate of drug-likeness (QED) is 0.421. The molecule has 2 nitrogen and oxygen atoms in total. The highest BCUT2D eigenvalue weighted by atomic mass is 79.9. The fourth-order valence-electron chi connectivity index (χ4n) is 2.05. The van der Waals surface area contributed by atoms with E-state index >= 15 is 0 Å². The van der Waals surface area contributed by atoms with Crippen LogP contribution >= 0.6 is 31.9 Å². The number of hydrogen-bond acceptors (Lipinski definition) is 2. The topological polar surface area (TPSA) is 18.5 Å². The summed E-state index contributed by atoms with van der Waals surface area (Å²) in [5.74, 6) is 0. The van der Waals surface area contributed by atoms with E-state index in [0.29, 0.717) is 0 Å². The molecule has 0 atom stereocenters. The normalized spacial score (nSPS) is 11.8. The third-order valence-corrected chi connectivity index (χ3v) is 5.68. The summed E-state index contributed by atoms with van der Waals surface area (Å²) in [6, 6.07) is 8.80. The summed E-state index contributed by atoms with van der Waals surface area (Å²) < 4.78 is 10.7. The van der Waals surface area contributed by atoms with Crippen LogP contribution in [0.25, 0.3) is 0 Å². The maximum absolute atomic E-state index is 5.72. The average molecular weight is 408 g/mol. The Labute approximate surface area is 139 Å². The molecule has 0 radical (unpaired) electrons. The van der Waals surface area contributed by atoms with Crippen LogP contribution in [0.2, 0.25) is 0 Å². The molecule has 0 N–H and O–H groups in total. The van der Waals surface area contributed by atoms with Crippen LogP contribution in [-0.4, -0.2) is 37.6 Å². The second-order valence-electron chi connectivity index (χ2n) is 5.12. The third-order valence-electron chi connectivity index (χ3n) is 3.54. The fraction of sp³-hybridized carbons (Fsp3) is 0.625. The van der Waals surface area contributed by atoms with Gasteiger partial charge in [0.05, 0.1) is 0 Å². The number of benzene rings is 1. The Morgan fingerprint density at radius 2 is 1.65 bits per heavy atom. The summed E-state index contributed by atoms with van der Waals surface area (Å²) in [4.78, 5) is 0. The van der Waals surface area contributed by atoms with Gasteiger partial charge in [-0.15, -0.1) is 0 Å². The van der Waals surface area contributed by atoms with E-state index in [-0.39, 0.29) is 5.41 Å². The smallest absolute Gasteiger partial charge is 0.0487 e. The van der Waals surface area contributed by atoms with Crippen molar-refractivity contribution >= 4 is 31.9 Å². The van der Waals surface area contributed by atoms with Gasteiger partial charge in [0, 0.05) is 43.0 Å². The Hall–Kier alpha value is 0.1000. The van der Waals surface area contributed by atoms with Gasteiger partial charge in [-0.05, 0) is 25.3 Å². The zero-order chi connectivity index (χ0) is 14.8. The second-order valence-corrected chi connectivity index (χ2v) is 6.24. The number of ether oxygens (including phenoxy) is 2. The van der Waals surface area contributed by atoms with Crippen LogP contribution in [0.5, 0.6) is 0 Å². The van der Waals surface area contributed by atoms with Crippen LogP contribution in [0.3, 0.4) is 0 Å². The van der Waals surface area contributed by atoms with Gasteiger partial charge in [0.2, 0.25) is 0 Å². The van der Waals surface area contributed by atoms with Gasteiger partial charge in [-0.1, -0.05) is 61.7 Å². The van der Waals surface area contributed by atoms with Crippen molar-refractivity contribution in [2.24, 2.45) is 0 Å². The number of rotatable bonds is 10. The molecule has 0 unspecified atom stereocenters. The molecular weight excluding hydrogens is 384 g/mol. The Bertz CT molecular complexity index is 361. The molecular formula is C16H24Br2O2. The number of halogens is 2. The van der Waals surface area contributed by atoms with Crippen molar-refractivity contribution in [3.8, 4) is 0 Å². The molecule has 0 aliphatic rings. The zero-order valence-electron chi connectivity index (χ0n) is 12.3. The third kappa shape index (κ3) is 5.47. The van der Waals surface area contributed by atoms with E-state index in [4.69, 9.17) is 9.47 Å². The SMILES string of the molecule is COCCCOCCC(CBr)(CBr)c1ccc(C)cc1. The van der Waals surface area contributed by atoms with Gasteiger partial charge in [0.15, 0.2) is 0 Å². The van der Waals surface area contributed by atoms with E-state index in [1.807, 2.05) is 0 Å². The van der Waals surface area contributed by atoms with Crippen LogP contribution in [0.4, 0.5) is 0 Å². The molecule has 1 aromatic carbocycles. The first kappa shape index (κ1) is 18.1. The Morgan fingerprint density at radius 3 is 2.20 bits per heavy atom. The minimum atomic E-state index is 0.0922. The molecule has 0 spiro atoms. The molecule has 20 heavy (non-hydrogen) atoms. The molecule has 1 rings (SSSR count). The highest BCUT2D eigenvalue weighted by Gasteiger charge is 2.29. The van der Waals surface area contributed by atoms with Crippen molar-refractivity contribution < 1.29 is 9.47 Å². The van der Waals surface area contributed by atoms with Crippen LogP contribution in [-0.2, 0) is 14.9 Å². The highest BCUT2D eigenvalue weighted by Crippen LogP contribution is 2.32. The van der Waals surface area contributed by atoms with Gasteiger partial charge >= 0.3 is 0 Å². The summed E-state index contributed by atoms with van der Waals surface area (Å²) in [6.45, 7) is 4.42. The molecule has 0 aliphatic carbocycles. The number of aryl methyl sites for hydroxylation is 1. The predicted molar refractivity (Wildman–Crippen MR) is 92.4 cm³/mol. The van der Waals surface area contributed by atoms with Crippen LogP contribution in [0, 0.1) is 6.92 Å². The summed E-state index contributed by atoms with van der Waals surface area (Å²) in [7, 11) is 1.72. The minimum absolute atomic E-state index is 0.0922. The molecule has 0 saturated carbocycles. The zero-order valence-corrected chi connectivity index (χ0v) is 15.5. The maximum Gasteiger partial charge on any atom is 0.0487 e. The van der Waals surface area contributed by atoms with Gasteiger partial charge in [0.25, 0.3) is 0 Å². The number of alkyl halides is 2. The second kappa shape index (κ2) is 9.93. The lowest BCUT2D eigenvalue weighted by atomic mass is 9.81. The van der Waals surface area contributed by atoms with Crippen molar-refractivity contribution in [1.29, 1.82) is 0 Å². The van der Waals surface area contributed by atoms with Crippen molar-refractivity contribution in [2.45, 2.75) is 25.2 Å². The molecule has 0 fully saturated rings. The molecule has 0 bridgehead atoms. The van der Waals surface area contributed by atoms with Crippen molar-refractivity contribution in [3.63, 3.8) is 0 Å². The minimum Gasteiger partial charge on any atom is -0.385 e. The summed E-state index contributed by atoms with van der Waals surface area (Å²) in [5, 5.41) is 1.85. The Balaban J connectivity index is 2.56. The largest absolute Gasteiger partial charge is 0.385 e. The molecule has 0 heterocycles. The maximum atomic E-state index is 5.72. The first-order chi connectivity index (χ1) is 9.68. The van der Waals surface area contributed by atoms with E-state index in [2.05, 4.69) is 63.0 Å². The lowest BCUT2D eigenvalue weighted by Gasteiger charge is -2.30. The summed E-state index contributed by atoms with van der Waals surface area (Å²) in [5.41, 5.74) is 2.74. The molecule has 1 aromatic rings. The summed E-state index contributed by atoms with van der Waals surface area (Å²) >= 11 is 7.35. The Kier molecular flexibility index (Phi) is 9.01. The standard InChI is InChI=1S/C16H24Br2O2/c1-14-4-6-15(7-5-14)16(12-17,13-18)8-11-20-10-3-9-19-2/h4-7H,3,8-13H2,1-2H3. The van der Waals surface area contributed by atoms with Gasteiger partial charge < -0.3 is 9.47 Å². The molecule has 0 aromatic heterocycles. The van der Waals surface area contributed by atoms with Gasteiger partial charge in [-0.3, -0.25) is 0 Å². The number of hydrogen-bond donors (Lipinski definition) is 0. The predicted octanol–water partition coefficient (Wildman–Crippen LogP) is 4.47. The Morgan fingerprint density at radius 1 is 1.00 bits per heavy atom. The van der Waals surface area contributed by atoms with Gasteiger partial charge in [-0.25, -0.2) is 0 Å². The van der Waals surface area contributed by atoms with Gasteiger partial charge in [-0.2, -0.15) is 0 Å². The first-order valence-electron chi connectivity index (χ1n) is 6.94. The molecule has 0 saturated heterocycles. The van der Waals surface area contributed by atoms with Gasteiger partial charge in [0.1, 0.15) is 0 Å². The lowest BCUT2D eigenvalue weighted by Crippen LogP contribution is -2.32. The summed E-state index contributed by atoms with van der Waals surface area (Å²) in [6.07, 6.45) is 1.95.